The zero-order chi connectivity index (χ0) is 11.7. The molecule has 0 saturated heterocycles. The van der Waals surface area contributed by atoms with E-state index in [4.69, 9.17) is 0 Å². The molecule has 0 aliphatic rings. The van der Waals surface area contributed by atoms with E-state index in [1.165, 1.54) is 12.1 Å². The number of nitrogens with zero attached hydrogens (tertiary/aromatic N) is 1. The van der Waals surface area contributed by atoms with Crippen molar-refractivity contribution in [1.29, 1.82) is 0 Å². The van der Waals surface area contributed by atoms with E-state index < -0.39 is 4.92 Å². The molecule has 0 aromatic heterocycles. The molecule has 0 bridgehead atoms. The van der Waals surface area contributed by atoms with Crippen molar-refractivity contribution in [3.63, 3.8) is 0 Å². The van der Waals surface area contributed by atoms with Gasteiger partial charge in [0.05, 0.1) is 4.92 Å². The van der Waals surface area contributed by atoms with Crippen LogP contribution in [-0.2, 0) is 0 Å². The first kappa shape index (κ1) is 10.3. The maximum atomic E-state index is 10.7. The fraction of sp³-hybridized carbons (Fsp3) is 0.0833. The summed E-state index contributed by atoms with van der Waals surface area (Å²) in [5, 5.41) is 12.3. The number of aryl methyl sites for hydroxylation is 1. The molecule has 16 heavy (non-hydrogen) atoms. The summed E-state index contributed by atoms with van der Waals surface area (Å²) >= 11 is 0. The van der Waals surface area contributed by atoms with E-state index in [0.717, 1.165) is 22.6 Å². The van der Waals surface area contributed by atoms with Gasteiger partial charge in [0, 0.05) is 17.7 Å². The number of rotatable bonds is 2. The smallest absolute Gasteiger partial charge is 0.270 e. The lowest BCUT2D eigenvalue weighted by atomic mass is 10.0. The fourth-order valence-corrected chi connectivity index (χ4v) is 1.74. The predicted octanol–water partition coefficient (Wildman–Crippen LogP) is 2.87. The highest BCUT2D eigenvalue weighted by atomic mass is 16.6. The minimum atomic E-state index is -0.431. The van der Waals surface area contributed by atoms with Crippen LogP contribution < -0.4 is 0 Å². The summed E-state index contributed by atoms with van der Waals surface area (Å²) < 4.78 is 0. The molecule has 0 aliphatic heterocycles. The van der Waals surface area contributed by atoms with Crippen LogP contribution in [0.2, 0.25) is 0 Å². The SMILES string of the molecule is Cc1cc([N+](=O)[O-])cc2cc(C=O)ccc12. The van der Waals surface area contributed by atoms with E-state index in [1.807, 2.05) is 6.92 Å². The van der Waals surface area contributed by atoms with Crippen LogP contribution in [0.5, 0.6) is 0 Å². The second-order valence-electron chi connectivity index (χ2n) is 3.62. The summed E-state index contributed by atoms with van der Waals surface area (Å²) in [6.07, 6.45) is 0.730. The van der Waals surface area contributed by atoms with E-state index in [2.05, 4.69) is 0 Å². The molecule has 0 saturated carbocycles. The number of benzene rings is 2. The summed E-state index contributed by atoms with van der Waals surface area (Å²) in [4.78, 5) is 20.9. The van der Waals surface area contributed by atoms with Gasteiger partial charge in [0.2, 0.25) is 0 Å². The number of hydrogen-bond acceptors (Lipinski definition) is 3. The number of fused-ring (bicyclic) bond motifs is 1. The third-order valence-corrected chi connectivity index (χ3v) is 2.52. The van der Waals surface area contributed by atoms with Crippen molar-refractivity contribution in [2.24, 2.45) is 0 Å². The van der Waals surface area contributed by atoms with Crippen LogP contribution in [0.4, 0.5) is 5.69 Å². The third kappa shape index (κ3) is 1.65. The van der Waals surface area contributed by atoms with Crippen molar-refractivity contribution in [3.8, 4) is 0 Å². The van der Waals surface area contributed by atoms with Crippen LogP contribution in [0, 0.1) is 17.0 Å². The van der Waals surface area contributed by atoms with Gasteiger partial charge < -0.3 is 0 Å². The van der Waals surface area contributed by atoms with Gasteiger partial charge in [0.15, 0.2) is 0 Å². The summed E-state index contributed by atoms with van der Waals surface area (Å²) in [6.45, 7) is 1.82. The molecule has 0 spiro atoms. The van der Waals surface area contributed by atoms with Crippen LogP contribution in [0.15, 0.2) is 30.3 Å². The highest BCUT2D eigenvalue weighted by molar-refractivity contribution is 5.92. The standard InChI is InChI=1S/C12H9NO3/c1-8-4-11(13(15)16)6-10-5-9(7-14)2-3-12(8)10/h2-7H,1H3. The molecule has 2 rings (SSSR count). The van der Waals surface area contributed by atoms with Crippen molar-refractivity contribution in [1.82, 2.24) is 0 Å². The zero-order valence-electron chi connectivity index (χ0n) is 8.64. The maximum absolute atomic E-state index is 10.7. The highest BCUT2D eigenvalue weighted by Crippen LogP contribution is 2.25. The Kier molecular flexibility index (Phi) is 2.40. The van der Waals surface area contributed by atoms with Crippen LogP contribution in [-0.4, -0.2) is 11.2 Å². The van der Waals surface area contributed by atoms with E-state index in [1.54, 1.807) is 18.2 Å². The zero-order valence-corrected chi connectivity index (χ0v) is 8.64. The second kappa shape index (κ2) is 3.73. The quantitative estimate of drug-likeness (QED) is 0.439. The number of non-ortho nitro benzene ring substituents is 1. The minimum Gasteiger partial charge on any atom is -0.298 e. The Hall–Kier alpha value is -2.23. The Balaban J connectivity index is 2.77. The second-order valence-corrected chi connectivity index (χ2v) is 3.62. The molecule has 0 atom stereocenters. The molecule has 0 fully saturated rings. The van der Waals surface area contributed by atoms with Gasteiger partial charge in [-0.1, -0.05) is 12.1 Å². The highest BCUT2D eigenvalue weighted by Gasteiger charge is 2.09. The number of carbonyl (C=O) groups is 1. The Morgan fingerprint density at radius 3 is 2.62 bits per heavy atom. The predicted molar refractivity (Wildman–Crippen MR) is 60.7 cm³/mol. The van der Waals surface area contributed by atoms with Crippen molar-refractivity contribution in [3.05, 3.63) is 51.6 Å². The van der Waals surface area contributed by atoms with Gasteiger partial charge in [-0.15, -0.1) is 0 Å². The van der Waals surface area contributed by atoms with Gasteiger partial charge in [0.25, 0.3) is 5.69 Å². The number of carbonyl (C=O) groups excluding carboxylic acids is 1. The molecule has 4 nitrogen and oxygen atoms in total. The minimum absolute atomic E-state index is 0.0491. The molecule has 0 amide bonds. The van der Waals surface area contributed by atoms with Crippen LogP contribution in [0.3, 0.4) is 0 Å². The molecule has 0 heterocycles. The third-order valence-electron chi connectivity index (χ3n) is 2.52. The molecule has 0 aliphatic carbocycles. The number of nitro benzene ring substituents is 1. The van der Waals surface area contributed by atoms with Gasteiger partial charge >= 0.3 is 0 Å². The first-order chi connectivity index (χ1) is 7.61. The Labute approximate surface area is 91.7 Å². The fourth-order valence-electron chi connectivity index (χ4n) is 1.74. The molecule has 2 aromatic carbocycles. The van der Waals surface area contributed by atoms with Gasteiger partial charge in [-0.3, -0.25) is 14.9 Å². The van der Waals surface area contributed by atoms with Crippen LogP contribution in [0.25, 0.3) is 10.8 Å². The van der Waals surface area contributed by atoms with Crippen molar-refractivity contribution in [2.45, 2.75) is 6.92 Å². The lowest BCUT2D eigenvalue weighted by Gasteiger charge is -2.02. The topological polar surface area (TPSA) is 60.2 Å². The number of aldehydes is 1. The van der Waals surface area contributed by atoms with Gasteiger partial charge in [-0.05, 0) is 29.3 Å². The van der Waals surface area contributed by atoms with Crippen molar-refractivity contribution in [2.75, 3.05) is 0 Å². The van der Waals surface area contributed by atoms with E-state index in [0.29, 0.717) is 5.56 Å². The Morgan fingerprint density at radius 1 is 1.25 bits per heavy atom. The molecule has 0 unspecified atom stereocenters. The maximum Gasteiger partial charge on any atom is 0.270 e. The average Bonchev–Trinajstić information content (AvgIpc) is 2.28. The van der Waals surface area contributed by atoms with E-state index in [-0.39, 0.29) is 5.69 Å². The first-order valence-corrected chi connectivity index (χ1v) is 4.76. The van der Waals surface area contributed by atoms with Crippen LogP contribution in [0.1, 0.15) is 15.9 Å². The summed E-state index contributed by atoms with van der Waals surface area (Å²) in [5.74, 6) is 0. The molecule has 4 heteroatoms. The van der Waals surface area contributed by atoms with Crippen molar-refractivity contribution >= 4 is 22.7 Å². The lowest BCUT2D eigenvalue weighted by Crippen LogP contribution is -1.90. The summed E-state index contributed by atoms with van der Waals surface area (Å²) in [6, 6.07) is 8.17. The number of hydrogen-bond donors (Lipinski definition) is 0. The lowest BCUT2D eigenvalue weighted by molar-refractivity contribution is -0.384. The van der Waals surface area contributed by atoms with E-state index >= 15 is 0 Å². The van der Waals surface area contributed by atoms with Gasteiger partial charge in [0.1, 0.15) is 6.29 Å². The largest absolute Gasteiger partial charge is 0.298 e. The molecule has 80 valence electrons. The normalized spacial score (nSPS) is 10.3. The molecular formula is C12H9NO3. The average molecular weight is 215 g/mol. The molecular weight excluding hydrogens is 206 g/mol. The molecule has 0 N–H and O–H groups in total. The van der Waals surface area contributed by atoms with Crippen molar-refractivity contribution < 1.29 is 9.72 Å². The van der Waals surface area contributed by atoms with E-state index in [9.17, 15) is 14.9 Å². The van der Waals surface area contributed by atoms with Gasteiger partial charge in [-0.2, -0.15) is 0 Å². The summed E-state index contributed by atoms with van der Waals surface area (Å²) in [7, 11) is 0. The first-order valence-electron chi connectivity index (χ1n) is 4.76. The molecule has 2 aromatic rings. The molecule has 0 radical (unpaired) electrons. The Bertz CT molecular complexity index is 590. The van der Waals surface area contributed by atoms with Crippen LogP contribution >= 0.6 is 0 Å². The van der Waals surface area contributed by atoms with Gasteiger partial charge in [-0.25, -0.2) is 0 Å². The Morgan fingerprint density at radius 2 is 2.00 bits per heavy atom. The number of nitro groups is 1. The monoisotopic (exact) mass is 215 g/mol. The summed E-state index contributed by atoms with van der Waals surface area (Å²) in [5.41, 5.74) is 1.40.